The van der Waals surface area contributed by atoms with Crippen LogP contribution in [0, 0.1) is 25.6 Å². The molecule has 11 nitrogen and oxygen atoms in total. The summed E-state index contributed by atoms with van der Waals surface area (Å²) in [4.78, 5) is 48.1. The summed E-state index contributed by atoms with van der Waals surface area (Å²) in [7, 11) is 3.76. The van der Waals surface area contributed by atoms with Crippen LogP contribution in [0.3, 0.4) is 0 Å². The molecule has 0 atom stereocenters. The van der Waals surface area contributed by atoms with Gasteiger partial charge in [0.2, 0.25) is 5.91 Å². The van der Waals surface area contributed by atoms with Crippen molar-refractivity contribution in [3.8, 4) is 0 Å². The van der Waals surface area contributed by atoms with Crippen LogP contribution in [0.25, 0.3) is 6.08 Å². The largest absolute Gasteiger partial charge is 0.378 e. The van der Waals surface area contributed by atoms with Crippen LogP contribution in [0.2, 0.25) is 0 Å². The Morgan fingerprint density at radius 1 is 0.970 bits per heavy atom. The first-order valence-electron chi connectivity index (χ1n) is 9.84. The fourth-order valence-corrected chi connectivity index (χ4v) is 2.58. The molecule has 0 saturated carbocycles. The molecule has 2 aromatic rings. The molecule has 0 saturated heterocycles. The van der Waals surface area contributed by atoms with E-state index in [-0.39, 0.29) is 11.4 Å². The molecule has 0 spiro atoms. The summed E-state index contributed by atoms with van der Waals surface area (Å²) in [6.45, 7) is 5.01. The molecule has 2 N–H and O–H groups in total. The Labute approximate surface area is 190 Å². The van der Waals surface area contributed by atoms with Gasteiger partial charge >= 0.3 is 0 Å². The molecule has 33 heavy (non-hydrogen) atoms. The Balaban J connectivity index is 2.44. The van der Waals surface area contributed by atoms with Gasteiger partial charge in [-0.1, -0.05) is 32.9 Å². The van der Waals surface area contributed by atoms with Gasteiger partial charge in [0.15, 0.2) is 0 Å². The quantitative estimate of drug-likeness (QED) is 0.367. The molecule has 0 bridgehead atoms. The van der Waals surface area contributed by atoms with Crippen molar-refractivity contribution in [3.63, 3.8) is 0 Å². The monoisotopic (exact) mass is 455 g/mol. The number of nitrogens with one attached hydrogen (secondary N) is 2. The molecule has 0 heterocycles. The summed E-state index contributed by atoms with van der Waals surface area (Å²) in [5.74, 6) is -1.26. The Morgan fingerprint density at radius 3 is 2.06 bits per heavy atom. The van der Waals surface area contributed by atoms with Gasteiger partial charge in [-0.3, -0.25) is 29.8 Å². The number of nitrogens with zero attached hydrogens (tertiary/aromatic N) is 3. The van der Waals surface area contributed by atoms with E-state index in [4.69, 9.17) is 0 Å². The highest BCUT2D eigenvalue weighted by atomic mass is 16.6. The maximum Gasteiger partial charge on any atom is 0.299 e. The fraction of sp³-hybridized carbons (Fsp3) is 0.273. The second-order valence-electron chi connectivity index (χ2n) is 8.42. The Hall–Kier alpha value is -4.28. The minimum Gasteiger partial charge on any atom is -0.378 e. The molecule has 2 amide bonds. The first-order chi connectivity index (χ1) is 15.3. The van der Waals surface area contributed by atoms with Gasteiger partial charge in [0.25, 0.3) is 17.3 Å². The van der Waals surface area contributed by atoms with Crippen molar-refractivity contribution in [1.29, 1.82) is 0 Å². The number of hydrogen-bond acceptors (Lipinski definition) is 7. The smallest absolute Gasteiger partial charge is 0.299 e. The number of nitro benzene ring substituents is 2. The molecule has 0 aliphatic carbocycles. The van der Waals surface area contributed by atoms with Gasteiger partial charge in [-0.25, -0.2) is 0 Å². The van der Waals surface area contributed by atoms with Gasteiger partial charge in [0, 0.05) is 31.3 Å². The zero-order chi connectivity index (χ0) is 24.9. The van der Waals surface area contributed by atoms with Crippen LogP contribution in [-0.2, 0) is 9.59 Å². The minimum absolute atomic E-state index is 0.139. The van der Waals surface area contributed by atoms with Crippen LogP contribution in [0.15, 0.2) is 48.2 Å². The first kappa shape index (κ1) is 25.0. The Kier molecular flexibility index (Phi) is 7.49. The highest BCUT2D eigenvalue weighted by molar-refractivity contribution is 6.10. The molecule has 2 rings (SSSR count). The number of carbonyl (C=O) groups is 2. The summed E-state index contributed by atoms with van der Waals surface area (Å²) in [6.07, 6.45) is 1.44. The van der Waals surface area contributed by atoms with Crippen molar-refractivity contribution in [1.82, 2.24) is 5.32 Å². The lowest BCUT2D eigenvalue weighted by molar-refractivity contribution is -0.393. The number of nitro groups is 2. The number of benzene rings is 2. The molecule has 0 radical (unpaired) electrons. The van der Waals surface area contributed by atoms with E-state index in [9.17, 15) is 29.8 Å². The Morgan fingerprint density at radius 2 is 1.58 bits per heavy atom. The highest BCUT2D eigenvalue weighted by Gasteiger charge is 2.26. The van der Waals surface area contributed by atoms with E-state index in [1.165, 1.54) is 6.08 Å². The second kappa shape index (κ2) is 9.90. The van der Waals surface area contributed by atoms with E-state index in [0.717, 1.165) is 23.9 Å². The summed E-state index contributed by atoms with van der Waals surface area (Å²) in [6, 6.07) is 10.0. The third-order valence-corrected chi connectivity index (χ3v) is 4.53. The van der Waals surface area contributed by atoms with E-state index in [2.05, 4.69) is 10.6 Å². The molecular weight excluding hydrogens is 430 g/mol. The first-order valence-corrected chi connectivity index (χ1v) is 9.84. The third kappa shape index (κ3) is 6.60. The number of hydrogen-bond donors (Lipinski definition) is 2. The number of rotatable bonds is 7. The van der Waals surface area contributed by atoms with Gasteiger partial charge < -0.3 is 15.5 Å². The van der Waals surface area contributed by atoms with Crippen molar-refractivity contribution in [2.45, 2.75) is 20.8 Å². The summed E-state index contributed by atoms with van der Waals surface area (Å²) in [5.41, 5.74) is -0.786. The standard InChI is InChI=1S/C22H25N5O6/c1-22(2,3)21(29)24-18(12-14-6-8-15(9-7-14)25(4)5)20(28)23-17-11-10-16(26(30)31)13-19(17)27(32)33/h6-13H,1-5H3,(H,23,28)(H,24,29)/b18-12+. The number of amides is 2. The summed E-state index contributed by atoms with van der Waals surface area (Å²) >= 11 is 0. The predicted molar refractivity (Wildman–Crippen MR) is 125 cm³/mol. The molecule has 2 aromatic carbocycles. The maximum absolute atomic E-state index is 13.0. The molecule has 11 heteroatoms. The molecular formula is C22H25N5O6. The second-order valence-corrected chi connectivity index (χ2v) is 8.42. The molecule has 0 unspecified atom stereocenters. The van der Waals surface area contributed by atoms with E-state index < -0.39 is 38.5 Å². The fourth-order valence-electron chi connectivity index (χ4n) is 2.58. The van der Waals surface area contributed by atoms with Crippen LogP contribution in [0.5, 0.6) is 0 Å². The zero-order valence-electron chi connectivity index (χ0n) is 18.9. The van der Waals surface area contributed by atoms with Crippen molar-refractivity contribution >= 4 is 40.6 Å². The number of anilines is 2. The summed E-state index contributed by atoms with van der Waals surface area (Å²) in [5, 5.41) is 27.2. The maximum atomic E-state index is 13.0. The van der Waals surface area contributed by atoms with Crippen molar-refractivity contribution < 1.29 is 19.4 Å². The topological polar surface area (TPSA) is 148 Å². The van der Waals surface area contributed by atoms with Crippen LogP contribution in [0.1, 0.15) is 26.3 Å². The van der Waals surface area contributed by atoms with Gasteiger partial charge in [0.1, 0.15) is 11.4 Å². The predicted octanol–water partition coefficient (Wildman–Crippen LogP) is 3.71. The molecule has 0 aromatic heterocycles. The van der Waals surface area contributed by atoms with Crippen molar-refractivity contribution in [2.24, 2.45) is 5.41 Å². The van der Waals surface area contributed by atoms with Crippen LogP contribution >= 0.6 is 0 Å². The zero-order valence-corrected chi connectivity index (χ0v) is 18.9. The minimum atomic E-state index is -0.834. The van der Waals surface area contributed by atoms with Crippen molar-refractivity contribution in [3.05, 3.63) is 74.0 Å². The van der Waals surface area contributed by atoms with Crippen LogP contribution in [0.4, 0.5) is 22.7 Å². The van der Waals surface area contributed by atoms with Crippen molar-refractivity contribution in [2.75, 3.05) is 24.3 Å². The highest BCUT2D eigenvalue weighted by Crippen LogP contribution is 2.29. The third-order valence-electron chi connectivity index (χ3n) is 4.53. The average molecular weight is 455 g/mol. The van der Waals surface area contributed by atoms with Crippen LogP contribution in [-0.4, -0.2) is 35.8 Å². The van der Waals surface area contributed by atoms with Gasteiger partial charge in [-0.15, -0.1) is 0 Å². The van der Waals surface area contributed by atoms with Gasteiger partial charge in [-0.2, -0.15) is 0 Å². The van der Waals surface area contributed by atoms with Crippen LogP contribution < -0.4 is 15.5 Å². The molecule has 0 aliphatic heterocycles. The van der Waals surface area contributed by atoms with E-state index in [0.29, 0.717) is 5.56 Å². The molecule has 174 valence electrons. The lowest BCUT2D eigenvalue weighted by Crippen LogP contribution is -2.38. The number of carbonyl (C=O) groups excluding carboxylic acids is 2. The Bertz CT molecular complexity index is 1120. The molecule has 0 fully saturated rings. The summed E-state index contributed by atoms with van der Waals surface area (Å²) < 4.78 is 0. The molecule has 0 aliphatic rings. The van der Waals surface area contributed by atoms with Gasteiger partial charge in [0.05, 0.1) is 15.9 Å². The lowest BCUT2D eigenvalue weighted by Gasteiger charge is -2.19. The average Bonchev–Trinajstić information content (AvgIpc) is 2.72. The normalized spacial score (nSPS) is 11.5. The van der Waals surface area contributed by atoms with E-state index in [1.807, 2.05) is 31.1 Å². The van der Waals surface area contributed by atoms with E-state index >= 15 is 0 Å². The SMILES string of the molecule is CN(C)c1ccc(/C=C(/NC(=O)C(C)(C)C)C(=O)Nc2ccc([N+](=O)[O-])cc2[N+](=O)[O-])cc1. The number of non-ortho nitro benzene ring substituents is 1. The van der Waals surface area contributed by atoms with Gasteiger partial charge in [-0.05, 0) is 29.8 Å². The lowest BCUT2D eigenvalue weighted by atomic mass is 9.95. The van der Waals surface area contributed by atoms with E-state index in [1.54, 1.807) is 32.9 Å².